The third-order valence-corrected chi connectivity index (χ3v) is 10.7. The van der Waals surface area contributed by atoms with Crippen LogP contribution >= 0.6 is 0 Å². The monoisotopic (exact) mass is 496 g/mol. The molecule has 0 aromatic heterocycles. The second-order valence-corrected chi connectivity index (χ2v) is 13.4. The van der Waals surface area contributed by atoms with Crippen molar-refractivity contribution in [2.24, 2.45) is 5.92 Å². The molecule has 0 radical (unpaired) electrons. The maximum Gasteiger partial charge on any atom is 0.407 e. The van der Waals surface area contributed by atoms with Crippen LogP contribution in [0.3, 0.4) is 0 Å². The molecule has 1 unspecified atom stereocenters. The van der Waals surface area contributed by atoms with Crippen LogP contribution in [0.2, 0.25) is 0 Å². The molecule has 2 nitrogen and oxygen atoms in total. The Morgan fingerprint density at radius 1 is 0.571 bits per heavy atom. The molecule has 2 rings (SSSR count). The minimum Gasteiger partial charge on any atom is -0.388 e. The number of benzene rings is 2. The summed E-state index contributed by atoms with van der Waals surface area (Å²) in [5, 5.41) is 2.40. The average Bonchev–Trinajstić information content (AvgIpc) is 2.89. The zero-order valence-electron chi connectivity index (χ0n) is 23.1. The molecule has 0 saturated heterocycles. The molecule has 1 atom stereocenters. The van der Waals surface area contributed by atoms with E-state index in [4.69, 9.17) is 8.85 Å². The van der Waals surface area contributed by atoms with Gasteiger partial charge in [0, 0.05) is 12.7 Å². The van der Waals surface area contributed by atoms with Gasteiger partial charge in [-0.2, -0.15) is 0 Å². The summed E-state index contributed by atoms with van der Waals surface area (Å²) in [6, 6.07) is 21.3. The fourth-order valence-corrected chi connectivity index (χ4v) is 8.05. The molecule has 0 fully saturated rings. The van der Waals surface area contributed by atoms with Crippen molar-refractivity contribution in [2.45, 2.75) is 117 Å². The van der Waals surface area contributed by atoms with Crippen LogP contribution in [0.25, 0.3) is 0 Å². The van der Waals surface area contributed by atoms with Crippen LogP contribution in [0.5, 0.6) is 0 Å². The van der Waals surface area contributed by atoms with E-state index in [0.29, 0.717) is 5.92 Å². The average molecular weight is 497 g/mol. The highest BCUT2D eigenvalue weighted by molar-refractivity contribution is 6.92. The highest BCUT2D eigenvalue weighted by Gasteiger charge is 2.44. The maximum absolute atomic E-state index is 6.90. The van der Waals surface area contributed by atoms with Crippen LogP contribution in [-0.4, -0.2) is 21.3 Å². The minimum atomic E-state index is -2.78. The summed E-state index contributed by atoms with van der Waals surface area (Å²) in [6.07, 6.45) is 17.8. The lowest BCUT2D eigenvalue weighted by molar-refractivity contribution is 0.109. The van der Waals surface area contributed by atoms with Gasteiger partial charge in [0.25, 0.3) is 0 Å². The van der Waals surface area contributed by atoms with Crippen molar-refractivity contribution in [3.05, 3.63) is 60.7 Å². The summed E-state index contributed by atoms with van der Waals surface area (Å²) in [6.45, 7) is 9.70. The van der Waals surface area contributed by atoms with E-state index >= 15 is 0 Å². The summed E-state index contributed by atoms with van der Waals surface area (Å²) in [5.41, 5.74) is 0. The van der Waals surface area contributed by atoms with Gasteiger partial charge in [0.15, 0.2) is 0 Å². The molecule has 0 heterocycles. The van der Waals surface area contributed by atoms with Gasteiger partial charge in [0.05, 0.1) is 0 Å². The first kappa shape index (κ1) is 29.8. The van der Waals surface area contributed by atoms with Gasteiger partial charge < -0.3 is 8.85 Å². The normalized spacial score (nSPS) is 12.8. The predicted octanol–water partition coefficient (Wildman–Crippen LogP) is 8.41. The summed E-state index contributed by atoms with van der Waals surface area (Å²) in [7, 11) is -2.78. The Bertz CT molecular complexity index is 707. The number of rotatable bonds is 20. The molecule has 35 heavy (non-hydrogen) atoms. The van der Waals surface area contributed by atoms with Crippen LogP contribution in [0.4, 0.5) is 0 Å². The Hall–Kier alpha value is -1.42. The standard InChI is InChI=1S/C32H52O2Si/c1-5-6-7-8-9-10-11-12-13-14-15-16-23-28-33-35(34-30(4)29(2)3,31-24-19-17-20-25-31)32-26-21-18-22-27-32/h17-22,24-27,29-30H,5-16,23,28H2,1-4H3. The van der Waals surface area contributed by atoms with Gasteiger partial charge >= 0.3 is 8.56 Å². The highest BCUT2D eigenvalue weighted by atomic mass is 28.4. The smallest absolute Gasteiger partial charge is 0.388 e. The van der Waals surface area contributed by atoms with Gasteiger partial charge in [-0.25, -0.2) is 0 Å². The first-order valence-electron chi connectivity index (χ1n) is 14.5. The van der Waals surface area contributed by atoms with E-state index in [0.717, 1.165) is 13.0 Å². The molecule has 0 bridgehead atoms. The fraction of sp³-hybridized carbons (Fsp3) is 0.625. The molecule has 0 aliphatic rings. The van der Waals surface area contributed by atoms with Crippen molar-refractivity contribution >= 4 is 18.9 Å². The minimum absolute atomic E-state index is 0.133. The summed E-state index contributed by atoms with van der Waals surface area (Å²) in [4.78, 5) is 0. The molecular formula is C32H52O2Si. The molecule has 2 aromatic carbocycles. The SMILES string of the molecule is CCCCCCCCCCCCCCCO[Si](OC(C)C(C)C)(c1ccccc1)c1ccccc1. The second kappa shape index (κ2) is 17.9. The lowest BCUT2D eigenvalue weighted by atomic mass is 10.0. The van der Waals surface area contributed by atoms with Gasteiger partial charge in [-0.3, -0.25) is 0 Å². The molecule has 0 N–H and O–H groups in total. The van der Waals surface area contributed by atoms with E-state index in [1.165, 1.54) is 87.4 Å². The van der Waals surface area contributed by atoms with Crippen LogP contribution in [0, 0.1) is 5.92 Å². The topological polar surface area (TPSA) is 18.5 Å². The van der Waals surface area contributed by atoms with Crippen molar-refractivity contribution in [2.75, 3.05) is 6.61 Å². The van der Waals surface area contributed by atoms with E-state index in [9.17, 15) is 0 Å². The number of unbranched alkanes of at least 4 members (excludes halogenated alkanes) is 12. The molecule has 0 aliphatic heterocycles. The van der Waals surface area contributed by atoms with Gasteiger partial charge in [-0.1, -0.05) is 158 Å². The lowest BCUT2D eigenvalue weighted by Crippen LogP contribution is -2.65. The third kappa shape index (κ3) is 11.0. The van der Waals surface area contributed by atoms with Crippen molar-refractivity contribution in [1.29, 1.82) is 0 Å². The molecular weight excluding hydrogens is 444 g/mol. The van der Waals surface area contributed by atoms with Gasteiger partial charge in [-0.15, -0.1) is 0 Å². The Morgan fingerprint density at radius 2 is 0.971 bits per heavy atom. The van der Waals surface area contributed by atoms with E-state index in [1.54, 1.807) is 0 Å². The van der Waals surface area contributed by atoms with Crippen molar-refractivity contribution in [3.8, 4) is 0 Å². The Morgan fingerprint density at radius 3 is 1.37 bits per heavy atom. The first-order chi connectivity index (χ1) is 17.1. The summed E-state index contributed by atoms with van der Waals surface area (Å²) >= 11 is 0. The molecule has 0 amide bonds. The summed E-state index contributed by atoms with van der Waals surface area (Å²) in [5.74, 6) is 0.439. The number of hydrogen-bond acceptors (Lipinski definition) is 2. The largest absolute Gasteiger partial charge is 0.407 e. The third-order valence-electron chi connectivity index (χ3n) is 7.15. The Labute approximate surface area is 218 Å². The lowest BCUT2D eigenvalue weighted by Gasteiger charge is -2.35. The fourth-order valence-electron chi connectivity index (χ4n) is 4.55. The van der Waals surface area contributed by atoms with Crippen molar-refractivity contribution in [1.82, 2.24) is 0 Å². The van der Waals surface area contributed by atoms with Crippen LogP contribution in [-0.2, 0) is 8.85 Å². The van der Waals surface area contributed by atoms with E-state index in [2.05, 4.69) is 88.4 Å². The maximum atomic E-state index is 6.90. The highest BCUT2D eigenvalue weighted by Crippen LogP contribution is 2.18. The van der Waals surface area contributed by atoms with E-state index in [1.807, 2.05) is 0 Å². The molecule has 3 heteroatoms. The first-order valence-corrected chi connectivity index (χ1v) is 16.3. The van der Waals surface area contributed by atoms with Crippen LogP contribution in [0.1, 0.15) is 111 Å². The van der Waals surface area contributed by atoms with Gasteiger partial charge in [0.2, 0.25) is 0 Å². The van der Waals surface area contributed by atoms with Crippen molar-refractivity contribution in [3.63, 3.8) is 0 Å². The number of hydrogen-bond donors (Lipinski definition) is 0. The van der Waals surface area contributed by atoms with Gasteiger partial charge in [-0.05, 0) is 29.6 Å². The molecule has 196 valence electrons. The van der Waals surface area contributed by atoms with E-state index in [-0.39, 0.29) is 6.10 Å². The zero-order chi connectivity index (χ0) is 25.2. The molecule has 0 spiro atoms. The predicted molar refractivity (Wildman–Crippen MR) is 155 cm³/mol. The quantitative estimate of drug-likeness (QED) is 0.135. The molecule has 2 aromatic rings. The molecule has 0 saturated carbocycles. The zero-order valence-corrected chi connectivity index (χ0v) is 24.1. The van der Waals surface area contributed by atoms with Crippen molar-refractivity contribution < 1.29 is 8.85 Å². The van der Waals surface area contributed by atoms with Crippen LogP contribution in [0.15, 0.2) is 60.7 Å². The molecule has 0 aliphatic carbocycles. The summed E-state index contributed by atoms with van der Waals surface area (Å²) < 4.78 is 13.7. The second-order valence-electron chi connectivity index (χ2n) is 10.5. The Balaban J connectivity index is 1.82. The Kier molecular flexibility index (Phi) is 15.3. The van der Waals surface area contributed by atoms with E-state index < -0.39 is 8.56 Å². The van der Waals surface area contributed by atoms with Crippen LogP contribution < -0.4 is 10.4 Å². The van der Waals surface area contributed by atoms with Gasteiger partial charge in [0.1, 0.15) is 0 Å².